The molecule has 108 valence electrons. The number of pyridine rings is 1. The molecule has 0 radical (unpaired) electrons. The van der Waals surface area contributed by atoms with Crippen molar-refractivity contribution >= 4 is 5.82 Å². The van der Waals surface area contributed by atoms with E-state index in [-0.39, 0.29) is 5.92 Å². The summed E-state index contributed by atoms with van der Waals surface area (Å²) in [4.78, 5) is 8.50. The number of hydrogen-bond donors (Lipinski definition) is 1. The van der Waals surface area contributed by atoms with Gasteiger partial charge in [-0.25, -0.2) is 4.68 Å². The summed E-state index contributed by atoms with van der Waals surface area (Å²) in [6.07, 6.45) is 1.68. The molecule has 0 fully saturated rings. The monoisotopic (exact) mass is 285 g/mol. The Morgan fingerprint density at radius 3 is 2.90 bits per heavy atom. The van der Waals surface area contributed by atoms with Crippen LogP contribution in [0.25, 0.3) is 11.5 Å². The summed E-state index contributed by atoms with van der Waals surface area (Å²) in [7, 11) is 0. The van der Waals surface area contributed by atoms with E-state index in [0.29, 0.717) is 29.8 Å². The van der Waals surface area contributed by atoms with Crippen LogP contribution < -0.4 is 5.73 Å². The third-order valence-electron chi connectivity index (χ3n) is 2.99. The summed E-state index contributed by atoms with van der Waals surface area (Å²) in [6, 6.07) is 5.52. The van der Waals surface area contributed by atoms with Crippen LogP contribution in [0.2, 0.25) is 0 Å². The molecule has 3 aromatic heterocycles. The lowest BCUT2D eigenvalue weighted by Crippen LogP contribution is -2.09. The van der Waals surface area contributed by atoms with Gasteiger partial charge < -0.3 is 10.3 Å². The first-order chi connectivity index (χ1) is 10.1. The second-order valence-electron chi connectivity index (χ2n) is 4.90. The van der Waals surface area contributed by atoms with Gasteiger partial charge in [0.1, 0.15) is 12.2 Å². The molecular weight excluding hydrogens is 270 g/mol. The van der Waals surface area contributed by atoms with Crippen molar-refractivity contribution in [2.45, 2.75) is 26.3 Å². The number of hydrogen-bond acceptors (Lipinski definition) is 7. The lowest BCUT2D eigenvalue weighted by molar-refractivity contribution is 0.361. The van der Waals surface area contributed by atoms with Crippen LogP contribution >= 0.6 is 0 Å². The van der Waals surface area contributed by atoms with Crippen molar-refractivity contribution in [3.05, 3.63) is 36.0 Å². The topological polar surface area (TPSA) is 109 Å². The molecule has 2 N–H and O–H groups in total. The molecule has 3 aromatic rings. The number of nitrogens with zero attached hydrogens (tertiary/aromatic N) is 6. The molecule has 0 saturated heterocycles. The van der Waals surface area contributed by atoms with Crippen LogP contribution in [0.5, 0.6) is 0 Å². The highest BCUT2D eigenvalue weighted by Crippen LogP contribution is 2.20. The third kappa shape index (κ3) is 2.60. The van der Waals surface area contributed by atoms with Gasteiger partial charge >= 0.3 is 0 Å². The van der Waals surface area contributed by atoms with Crippen LogP contribution in [0.3, 0.4) is 0 Å². The van der Waals surface area contributed by atoms with Gasteiger partial charge in [-0.15, -0.1) is 5.10 Å². The molecule has 3 heterocycles. The first kappa shape index (κ1) is 13.2. The lowest BCUT2D eigenvalue weighted by atomic mass is 10.1. The van der Waals surface area contributed by atoms with E-state index >= 15 is 0 Å². The SMILES string of the molecule is CC(C)c1c(N)nnn1Cc1nc(-c2ccccn2)no1. The Balaban J connectivity index is 1.85. The van der Waals surface area contributed by atoms with Gasteiger partial charge in [-0.3, -0.25) is 4.98 Å². The molecule has 0 saturated carbocycles. The molecule has 21 heavy (non-hydrogen) atoms. The fourth-order valence-electron chi connectivity index (χ4n) is 2.09. The quantitative estimate of drug-likeness (QED) is 0.773. The average Bonchev–Trinajstić information content (AvgIpc) is 3.07. The molecular formula is C13H15N7O. The van der Waals surface area contributed by atoms with E-state index in [9.17, 15) is 0 Å². The molecule has 0 aliphatic rings. The Morgan fingerprint density at radius 2 is 2.19 bits per heavy atom. The highest BCUT2D eigenvalue weighted by atomic mass is 16.5. The zero-order chi connectivity index (χ0) is 14.8. The van der Waals surface area contributed by atoms with Gasteiger partial charge in [0.25, 0.3) is 0 Å². The van der Waals surface area contributed by atoms with E-state index in [4.69, 9.17) is 10.3 Å². The molecule has 0 atom stereocenters. The van der Waals surface area contributed by atoms with Gasteiger partial charge in [0, 0.05) is 6.20 Å². The van der Waals surface area contributed by atoms with Crippen molar-refractivity contribution in [2.24, 2.45) is 0 Å². The zero-order valence-electron chi connectivity index (χ0n) is 11.8. The fraction of sp³-hybridized carbons (Fsp3) is 0.308. The lowest BCUT2D eigenvalue weighted by Gasteiger charge is -2.06. The molecule has 8 nitrogen and oxygen atoms in total. The van der Waals surface area contributed by atoms with E-state index in [2.05, 4.69) is 25.4 Å². The summed E-state index contributed by atoms with van der Waals surface area (Å²) in [5, 5.41) is 11.8. The van der Waals surface area contributed by atoms with E-state index < -0.39 is 0 Å². The molecule has 0 unspecified atom stereocenters. The average molecular weight is 285 g/mol. The summed E-state index contributed by atoms with van der Waals surface area (Å²) in [6.45, 7) is 4.38. The molecule has 0 aromatic carbocycles. The largest absolute Gasteiger partial charge is 0.381 e. The van der Waals surface area contributed by atoms with Gasteiger partial charge in [-0.1, -0.05) is 30.3 Å². The molecule has 0 aliphatic carbocycles. The first-order valence-corrected chi connectivity index (χ1v) is 6.58. The van der Waals surface area contributed by atoms with Crippen LogP contribution in [0.15, 0.2) is 28.9 Å². The molecule has 0 aliphatic heterocycles. The van der Waals surface area contributed by atoms with Crippen LogP contribution in [-0.4, -0.2) is 30.1 Å². The van der Waals surface area contributed by atoms with E-state index in [1.54, 1.807) is 10.9 Å². The Morgan fingerprint density at radius 1 is 1.33 bits per heavy atom. The van der Waals surface area contributed by atoms with Gasteiger partial charge in [-0.05, 0) is 18.1 Å². The number of rotatable bonds is 4. The van der Waals surface area contributed by atoms with Crippen molar-refractivity contribution in [3.63, 3.8) is 0 Å². The highest BCUT2D eigenvalue weighted by Gasteiger charge is 2.17. The maximum atomic E-state index is 5.82. The minimum absolute atomic E-state index is 0.207. The van der Waals surface area contributed by atoms with Crippen molar-refractivity contribution < 1.29 is 4.52 Å². The smallest absolute Gasteiger partial charge is 0.248 e. The summed E-state index contributed by atoms with van der Waals surface area (Å²) < 4.78 is 6.91. The predicted molar refractivity (Wildman–Crippen MR) is 75.2 cm³/mol. The normalized spacial score (nSPS) is 11.2. The van der Waals surface area contributed by atoms with E-state index in [1.807, 2.05) is 32.0 Å². The Kier molecular flexibility index (Phi) is 3.35. The number of aromatic nitrogens is 6. The van der Waals surface area contributed by atoms with Crippen molar-refractivity contribution in [1.29, 1.82) is 0 Å². The molecule has 3 rings (SSSR count). The minimum atomic E-state index is 0.207. The zero-order valence-corrected chi connectivity index (χ0v) is 11.8. The number of nitrogen functional groups attached to an aromatic ring is 1. The highest BCUT2D eigenvalue weighted by molar-refractivity contribution is 5.47. The summed E-state index contributed by atoms with van der Waals surface area (Å²) in [5.74, 6) is 1.51. The van der Waals surface area contributed by atoms with Crippen LogP contribution in [-0.2, 0) is 6.54 Å². The number of nitrogens with two attached hydrogens (primary N) is 1. The van der Waals surface area contributed by atoms with Crippen LogP contribution in [0, 0.1) is 0 Å². The third-order valence-corrected chi connectivity index (χ3v) is 2.99. The van der Waals surface area contributed by atoms with Gasteiger partial charge in [0.15, 0.2) is 5.82 Å². The molecule has 0 spiro atoms. The first-order valence-electron chi connectivity index (χ1n) is 6.58. The second kappa shape index (κ2) is 5.31. The van der Waals surface area contributed by atoms with E-state index in [0.717, 1.165) is 5.69 Å². The Hall–Kier alpha value is -2.77. The maximum absolute atomic E-state index is 5.82. The fourth-order valence-corrected chi connectivity index (χ4v) is 2.09. The van der Waals surface area contributed by atoms with Crippen molar-refractivity contribution in [1.82, 2.24) is 30.1 Å². The minimum Gasteiger partial charge on any atom is -0.381 e. The Bertz CT molecular complexity index is 732. The summed E-state index contributed by atoms with van der Waals surface area (Å²) >= 11 is 0. The van der Waals surface area contributed by atoms with E-state index in [1.165, 1.54) is 0 Å². The van der Waals surface area contributed by atoms with Gasteiger partial charge in [-0.2, -0.15) is 4.98 Å². The van der Waals surface area contributed by atoms with Gasteiger partial charge in [0.05, 0.1) is 5.69 Å². The molecule has 0 amide bonds. The van der Waals surface area contributed by atoms with Crippen LogP contribution in [0.1, 0.15) is 31.4 Å². The predicted octanol–water partition coefficient (Wildman–Crippen LogP) is 1.48. The molecule has 8 heteroatoms. The van der Waals surface area contributed by atoms with Crippen LogP contribution in [0.4, 0.5) is 5.82 Å². The second-order valence-corrected chi connectivity index (χ2v) is 4.90. The van der Waals surface area contributed by atoms with Gasteiger partial charge in [0.2, 0.25) is 11.7 Å². The number of anilines is 1. The molecule has 0 bridgehead atoms. The Labute approximate surface area is 121 Å². The standard InChI is InChI=1S/C13H15N7O/c1-8(2)11-12(14)17-19-20(11)7-10-16-13(18-21-10)9-5-3-4-6-15-9/h3-6,8H,7,14H2,1-2H3. The van der Waals surface area contributed by atoms with Crippen molar-refractivity contribution in [3.8, 4) is 11.5 Å². The van der Waals surface area contributed by atoms with Crippen molar-refractivity contribution in [2.75, 3.05) is 5.73 Å². The maximum Gasteiger partial charge on any atom is 0.248 e. The summed E-state index contributed by atoms with van der Waals surface area (Å²) in [5.41, 5.74) is 7.34.